The lowest BCUT2D eigenvalue weighted by atomic mass is 10.0. The maximum absolute atomic E-state index is 12.8. The standard InChI is InChI=1S/C53H100O5/c1-4-7-10-13-16-19-22-24-26-27-29-30-32-34-37-40-43-46-52(54)57-50-51(49-56-48-45-42-39-36-21-18-15-12-9-6-3)58-53(55)47-44-41-38-35-33-31-28-25-23-20-17-14-11-8-5-2/h17,20,25,28,51H,4-16,18-19,21-24,26-27,29-50H2,1-3H3/b20-17-,28-25-. The Hall–Kier alpha value is -1.62. The lowest BCUT2D eigenvalue weighted by Gasteiger charge is -2.18. The fourth-order valence-electron chi connectivity index (χ4n) is 7.60. The number of allylic oxidation sites excluding steroid dienone is 4. The molecule has 342 valence electrons. The minimum atomic E-state index is -0.534. The maximum atomic E-state index is 12.8. The summed E-state index contributed by atoms with van der Waals surface area (Å²) >= 11 is 0. The summed E-state index contributed by atoms with van der Waals surface area (Å²) in [5.74, 6) is -0.396. The predicted molar refractivity (Wildman–Crippen MR) is 252 cm³/mol. The van der Waals surface area contributed by atoms with Gasteiger partial charge in [0.15, 0.2) is 6.10 Å². The van der Waals surface area contributed by atoms with Crippen molar-refractivity contribution in [3.05, 3.63) is 24.3 Å². The van der Waals surface area contributed by atoms with E-state index in [2.05, 4.69) is 45.1 Å². The summed E-state index contributed by atoms with van der Waals surface area (Å²) in [6.07, 6.45) is 57.5. The Morgan fingerprint density at radius 3 is 1.17 bits per heavy atom. The Bertz CT molecular complexity index is 882. The first kappa shape index (κ1) is 56.4. The van der Waals surface area contributed by atoms with Crippen LogP contribution in [0, 0.1) is 0 Å². The van der Waals surface area contributed by atoms with Gasteiger partial charge in [0.05, 0.1) is 6.61 Å². The number of carbonyl (C=O) groups excluding carboxylic acids is 2. The van der Waals surface area contributed by atoms with Crippen LogP contribution < -0.4 is 0 Å². The van der Waals surface area contributed by atoms with Crippen molar-refractivity contribution in [2.45, 2.75) is 284 Å². The molecule has 0 aliphatic heterocycles. The van der Waals surface area contributed by atoms with E-state index in [0.29, 0.717) is 19.4 Å². The molecule has 0 N–H and O–H groups in total. The average Bonchev–Trinajstić information content (AvgIpc) is 3.22. The van der Waals surface area contributed by atoms with Gasteiger partial charge in [-0.1, -0.05) is 238 Å². The Balaban J connectivity index is 4.19. The van der Waals surface area contributed by atoms with Crippen molar-refractivity contribution >= 4 is 11.9 Å². The number of esters is 2. The molecule has 0 aromatic carbocycles. The van der Waals surface area contributed by atoms with E-state index in [1.807, 2.05) is 0 Å². The zero-order valence-electron chi connectivity index (χ0n) is 39.3. The number of hydrogen-bond acceptors (Lipinski definition) is 5. The fraction of sp³-hybridized carbons (Fsp3) is 0.887. The molecule has 0 radical (unpaired) electrons. The summed E-state index contributed by atoms with van der Waals surface area (Å²) < 4.78 is 17.4. The third-order valence-electron chi connectivity index (χ3n) is 11.5. The highest BCUT2D eigenvalue weighted by atomic mass is 16.6. The topological polar surface area (TPSA) is 61.8 Å². The molecular weight excluding hydrogens is 717 g/mol. The van der Waals surface area contributed by atoms with Gasteiger partial charge < -0.3 is 14.2 Å². The smallest absolute Gasteiger partial charge is 0.306 e. The fourth-order valence-corrected chi connectivity index (χ4v) is 7.60. The van der Waals surface area contributed by atoms with E-state index in [0.717, 1.165) is 51.4 Å². The number of carbonyl (C=O) groups is 2. The second-order valence-electron chi connectivity index (χ2n) is 17.4. The zero-order chi connectivity index (χ0) is 42.1. The van der Waals surface area contributed by atoms with Crippen LogP contribution in [0.1, 0.15) is 278 Å². The highest BCUT2D eigenvalue weighted by Crippen LogP contribution is 2.16. The molecule has 1 unspecified atom stereocenters. The van der Waals surface area contributed by atoms with E-state index in [1.54, 1.807) is 0 Å². The van der Waals surface area contributed by atoms with Gasteiger partial charge in [-0.05, 0) is 51.4 Å². The number of unbranched alkanes of at least 4 members (excludes halogenated alkanes) is 33. The lowest BCUT2D eigenvalue weighted by Crippen LogP contribution is -2.30. The first-order chi connectivity index (χ1) is 28.6. The second-order valence-corrected chi connectivity index (χ2v) is 17.4. The van der Waals surface area contributed by atoms with Crippen molar-refractivity contribution in [2.24, 2.45) is 0 Å². The Labute approximate surface area is 362 Å². The van der Waals surface area contributed by atoms with E-state index in [-0.39, 0.29) is 25.2 Å². The van der Waals surface area contributed by atoms with Crippen LogP contribution in [0.25, 0.3) is 0 Å². The highest BCUT2D eigenvalue weighted by molar-refractivity contribution is 5.70. The second kappa shape index (κ2) is 49.7. The van der Waals surface area contributed by atoms with E-state index >= 15 is 0 Å². The molecule has 0 fully saturated rings. The van der Waals surface area contributed by atoms with Crippen molar-refractivity contribution in [3.63, 3.8) is 0 Å². The van der Waals surface area contributed by atoms with Crippen LogP contribution >= 0.6 is 0 Å². The van der Waals surface area contributed by atoms with Crippen LogP contribution in [0.4, 0.5) is 0 Å². The van der Waals surface area contributed by atoms with Crippen LogP contribution in [-0.2, 0) is 23.8 Å². The minimum Gasteiger partial charge on any atom is -0.462 e. The predicted octanol–water partition coefficient (Wildman–Crippen LogP) is 17.2. The van der Waals surface area contributed by atoms with Crippen LogP contribution in [0.3, 0.4) is 0 Å². The van der Waals surface area contributed by atoms with E-state index in [1.165, 1.54) is 193 Å². The molecule has 0 saturated carbocycles. The summed E-state index contributed by atoms with van der Waals surface area (Å²) in [6, 6.07) is 0. The molecule has 0 saturated heterocycles. The van der Waals surface area contributed by atoms with Crippen LogP contribution in [-0.4, -0.2) is 37.9 Å². The monoisotopic (exact) mass is 817 g/mol. The molecule has 58 heavy (non-hydrogen) atoms. The summed E-state index contributed by atoms with van der Waals surface area (Å²) in [4.78, 5) is 25.4. The van der Waals surface area contributed by atoms with Gasteiger partial charge in [0.25, 0.3) is 0 Å². The minimum absolute atomic E-state index is 0.0870. The quantitative estimate of drug-likeness (QED) is 0.0348. The van der Waals surface area contributed by atoms with Crippen molar-refractivity contribution < 1.29 is 23.8 Å². The summed E-state index contributed by atoms with van der Waals surface area (Å²) in [7, 11) is 0. The van der Waals surface area contributed by atoms with Crippen LogP contribution in [0.2, 0.25) is 0 Å². The molecule has 1 atom stereocenters. The van der Waals surface area contributed by atoms with Gasteiger partial charge in [0.2, 0.25) is 0 Å². The largest absolute Gasteiger partial charge is 0.462 e. The molecule has 0 aliphatic rings. The number of ether oxygens (including phenoxy) is 3. The number of rotatable bonds is 48. The van der Waals surface area contributed by atoms with Gasteiger partial charge >= 0.3 is 11.9 Å². The molecule has 0 heterocycles. The van der Waals surface area contributed by atoms with Crippen molar-refractivity contribution in [1.29, 1.82) is 0 Å². The Morgan fingerprint density at radius 2 is 0.724 bits per heavy atom. The van der Waals surface area contributed by atoms with Crippen LogP contribution in [0.5, 0.6) is 0 Å². The van der Waals surface area contributed by atoms with Gasteiger partial charge in [-0.3, -0.25) is 9.59 Å². The third-order valence-corrected chi connectivity index (χ3v) is 11.5. The Morgan fingerprint density at radius 1 is 0.379 bits per heavy atom. The molecule has 0 bridgehead atoms. The molecule has 0 rings (SSSR count). The summed E-state index contributed by atoms with van der Waals surface area (Å²) in [6.45, 7) is 7.83. The SMILES string of the molecule is CCCCC/C=C\C/C=C\CCCCCCCC(=O)OC(COCCCCCCCCCCCC)COC(=O)CCCCCCCCCCCCCCCCCCC. The van der Waals surface area contributed by atoms with E-state index < -0.39 is 6.10 Å². The van der Waals surface area contributed by atoms with E-state index in [4.69, 9.17) is 14.2 Å². The van der Waals surface area contributed by atoms with Gasteiger partial charge in [0.1, 0.15) is 6.61 Å². The summed E-state index contributed by atoms with van der Waals surface area (Å²) in [5, 5.41) is 0. The maximum Gasteiger partial charge on any atom is 0.306 e. The molecule has 0 aromatic rings. The molecule has 0 aromatic heterocycles. The molecule has 5 heteroatoms. The van der Waals surface area contributed by atoms with Gasteiger partial charge in [0, 0.05) is 19.4 Å². The first-order valence-corrected chi connectivity index (χ1v) is 25.9. The molecule has 5 nitrogen and oxygen atoms in total. The van der Waals surface area contributed by atoms with Crippen molar-refractivity contribution in [2.75, 3.05) is 19.8 Å². The van der Waals surface area contributed by atoms with Crippen LogP contribution in [0.15, 0.2) is 24.3 Å². The van der Waals surface area contributed by atoms with Gasteiger partial charge in [-0.2, -0.15) is 0 Å². The average molecular weight is 817 g/mol. The number of hydrogen-bond donors (Lipinski definition) is 0. The first-order valence-electron chi connectivity index (χ1n) is 25.9. The Kier molecular flexibility index (Phi) is 48.4. The van der Waals surface area contributed by atoms with Crippen molar-refractivity contribution in [3.8, 4) is 0 Å². The van der Waals surface area contributed by atoms with Crippen molar-refractivity contribution in [1.82, 2.24) is 0 Å². The molecule has 0 aliphatic carbocycles. The third kappa shape index (κ3) is 47.1. The highest BCUT2D eigenvalue weighted by Gasteiger charge is 2.17. The lowest BCUT2D eigenvalue weighted by molar-refractivity contribution is -0.163. The molecule has 0 amide bonds. The van der Waals surface area contributed by atoms with Gasteiger partial charge in [-0.15, -0.1) is 0 Å². The summed E-state index contributed by atoms with van der Waals surface area (Å²) in [5.41, 5.74) is 0. The molecular formula is C53H100O5. The molecule has 0 spiro atoms. The van der Waals surface area contributed by atoms with Gasteiger partial charge in [-0.25, -0.2) is 0 Å². The van der Waals surface area contributed by atoms with E-state index in [9.17, 15) is 9.59 Å². The normalized spacial score (nSPS) is 12.3. The zero-order valence-corrected chi connectivity index (χ0v) is 39.3.